The molecule has 0 bridgehead atoms. The number of hydrogen-bond acceptors (Lipinski definition) is 2. The van der Waals surface area contributed by atoms with Gasteiger partial charge in [-0.05, 0) is 49.9 Å². The van der Waals surface area contributed by atoms with Gasteiger partial charge in [0.25, 0.3) is 5.91 Å². The molecular weight excluding hydrogens is 370 g/mol. The van der Waals surface area contributed by atoms with Crippen molar-refractivity contribution in [3.8, 4) is 16.9 Å². The van der Waals surface area contributed by atoms with E-state index in [1.165, 1.54) is 6.42 Å². The molecule has 0 radical (unpaired) electrons. The minimum atomic E-state index is 0.0682. The van der Waals surface area contributed by atoms with Gasteiger partial charge in [-0.15, -0.1) is 0 Å². The third kappa shape index (κ3) is 3.69. The summed E-state index contributed by atoms with van der Waals surface area (Å²) in [4.78, 5) is 15.6. The highest BCUT2D eigenvalue weighted by Gasteiger charge is 2.29. The number of piperidine rings is 1. The van der Waals surface area contributed by atoms with Crippen molar-refractivity contribution in [3.05, 3.63) is 71.4 Å². The number of amides is 1. The monoisotopic (exact) mass is 393 g/mol. The standard InChI is InChI=1S/C23H24ClN3O/c1-2-19-8-6-7-15-26(19)23(28)21-16-27(20-9-4-3-5-10-20)25-22(21)17-11-13-18(24)14-12-17/h3-5,9-14,16,19H,2,6-8,15H2,1H3/t19-/m0/s1. The van der Waals surface area contributed by atoms with Crippen LogP contribution < -0.4 is 0 Å². The van der Waals surface area contributed by atoms with Crippen LogP contribution in [0.5, 0.6) is 0 Å². The molecule has 0 N–H and O–H groups in total. The van der Waals surface area contributed by atoms with Gasteiger partial charge in [0.1, 0.15) is 5.69 Å². The fourth-order valence-corrected chi connectivity index (χ4v) is 4.04. The topological polar surface area (TPSA) is 38.1 Å². The van der Waals surface area contributed by atoms with Crippen molar-refractivity contribution in [1.82, 2.24) is 14.7 Å². The van der Waals surface area contributed by atoms with E-state index in [1.807, 2.05) is 65.7 Å². The van der Waals surface area contributed by atoms with Crippen molar-refractivity contribution in [2.75, 3.05) is 6.54 Å². The molecule has 1 aromatic heterocycles. The number of carbonyl (C=O) groups excluding carboxylic acids is 1. The van der Waals surface area contributed by atoms with Gasteiger partial charge in [-0.1, -0.05) is 48.9 Å². The molecular formula is C23H24ClN3O. The molecule has 2 heterocycles. The number of para-hydroxylation sites is 1. The van der Waals surface area contributed by atoms with Crippen molar-refractivity contribution in [2.24, 2.45) is 0 Å². The number of halogens is 1. The van der Waals surface area contributed by atoms with Crippen molar-refractivity contribution < 1.29 is 4.79 Å². The third-order valence-corrected chi connectivity index (χ3v) is 5.69. The van der Waals surface area contributed by atoms with Gasteiger partial charge in [-0.2, -0.15) is 5.10 Å². The van der Waals surface area contributed by atoms with Gasteiger partial charge in [0.2, 0.25) is 0 Å². The lowest BCUT2D eigenvalue weighted by Gasteiger charge is -2.35. The van der Waals surface area contributed by atoms with Crippen LogP contribution in [0, 0.1) is 0 Å². The van der Waals surface area contributed by atoms with Gasteiger partial charge < -0.3 is 4.90 Å². The number of aromatic nitrogens is 2. The Balaban J connectivity index is 1.79. The second kappa shape index (κ2) is 8.19. The Hall–Kier alpha value is -2.59. The maximum Gasteiger partial charge on any atom is 0.257 e. The molecule has 1 atom stereocenters. The molecule has 0 saturated carbocycles. The van der Waals surface area contributed by atoms with Crippen LogP contribution in [0.4, 0.5) is 0 Å². The van der Waals surface area contributed by atoms with Crippen LogP contribution >= 0.6 is 11.6 Å². The van der Waals surface area contributed by atoms with E-state index in [2.05, 4.69) is 6.92 Å². The second-order valence-corrected chi connectivity index (χ2v) is 7.67. The Labute approximate surface area is 170 Å². The Morgan fingerprint density at radius 2 is 1.86 bits per heavy atom. The van der Waals surface area contributed by atoms with Crippen LogP contribution in [0.25, 0.3) is 16.9 Å². The van der Waals surface area contributed by atoms with Crippen LogP contribution in [0.15, 0.2) is 60.8 Å². The fraction of sp³-hybridized carbons (Fsp3) is 0.304. The van der Waals surface area contributed by atoms with Gasteiger partial charge in [0, 0.05) is 29.4 Å². The first kappa shape index (κ1) is 18.8. The summed E-state index contributed by atoms with van der Waals surface area (Å²) in [5.74, 6) is 0.0682. The number of benzene rings is 2. The van der Waals surface area contributed by atoms with E-state index in [1.54, 1.807) is 4.68 Å². The summed E-state index contributed by atoms with van der Waals surface area (Å²) in [7, 11) is 0. The lowest BCUT2D eigenvalue weighted by atomic mass is 9.98. The summed E-state index contributed by atoms with van der Waals surface area (Å²) in [6, 6.07) is 17.7. The van der Waals surface area contributed by atoms with Crippen LogP contribution in [0.3, 0.4) is 0 Å². The van der Waals surface area contributed by atoms with Crippen molar-refractivity contribution in [1.29, 1.82) is 0 Å². The SMILES string of the molecule is CC[C@H]1CCCCN1C(=O)c1cn(-c2ccccc2)nc1-c1ccc(Cl)cc1. The quantitative estimate of drug-likeness (QED) is 0.578. The van der Waals surface area contributed by atoms with Crippen molar-refractivity contribution in [3.63, 3.8) is 0 Å². The van der Waals surface area contributed by atoms with E-state index in [0.29, 0.717) is 22.3 Å². The average molecular weight is 394 g/mol. The molecule has 1 aliphatic rings. The molecule has 0 spiro atoms. The summed E-state index contributed by atoms with van der Waals surface area (Å²) >= 11 is 6.06. The lowest BCUT2D eigenvalue weighted by molar-refractivity contribution is 0.0609. The normalized spacial score (nSPS) is 16.9. The van der Waals surface area contributed by atoms with E-state index in [-0.39, 0.29) is 5.91 Å². The second-order valence-electron chi connectivity index (χ2n) is 7.23. The molecule has 28 heavy (non-hydrogen) atoms. The van der Waals surface area contributed by atoms with E-state index >= 15 is 0 Å². The number of likely N-dealkylation sites (tertiary alicyclic amines) is 1. The van der Waals surface area contributed by atoms with Gasteiger partial charge in [0.05, 0.1) is 11.3 Å². The van der Waals surface area contributed by atoms with E-state index in [9.17, 15) is 4.79 Å². The minimum absolute atomic E-state index is 0.0682. The molecule has 2 aromatic carbocycles. The Bertz CT molecular complexity index is 950. The van der Waals surface area contributed by atoms with E-state index < -0.39 is 0 Å². The first-order valence-corrected chi connectivity index (χ1v) is 10.3. The zero-order valence-electron chi connectivity index (χ0n) is 16.0. The highest BCUT2D eigenvalue weighted by atomic mass is 35.5. The molecule has 1 aliphatic heterocycles. The summed E-state index contributed by atoms with van der Waals surface area (Å²) < 4.78 is 1.79. The maximum absolute atomic E-state index is 13.5. The summed E-state index contributed by atoms with van der Waals surface area (Å²) in [6.07, 6.45) is 6.17. The number of hydrogen-bond donors (Lipinski definition) is 0. The zero-order valence-corrected chi connectivity index (χ0v) is 16.8. The summed E-state index contributed by atoms with van der Waals surface area (Å²) in [6.45, 7) is 2.97. The third-order valence-electron chi connectivity index (χ3n) is 5.44. The molecule has 1 saturated heterocycles. The van der Waals surface area contributed by atoms with Gasteiger partial charge >= 0.3 is 0 Å². The minimum Gasteiger partial charge on any atom is -0.336 e. The molecule has 1 fully saturated rings. The van der Waals surface area contributed by atoms with E-state index in [4.69, 9.17) is 16.7 Å². The van der Waals surface area contributed by atoms with Gasteiger partial charge in [-0.3, -0.25) is 4.79 Å². The summed E-state index contributed by atoms with van der Waals surface area (Å²) in [5, 5.41) is 5.44. The smallest absolute Gasteiger partial charge is 0.257 e. The summed E-state index contributed by atoms with van der Waals surface area (Å²) in [5.41, 5.74) is 3.17. The predicted octanol–water partition coefficient (Wildman–Crippen LogP) is 5.60. The largest absolute Gasteiger partial charge is 0.336 e. The highest BCUT2D eigenvalue weighted by Crippen LogP contribution is 2.29. The average Bonchev–Trinajstić information content (AvgIpc) is 3.20. The van der Waals surface area contributed by atoms with Crippen molar-refractivity contribution >= 4 is 17.5 Å². The first-order valence-electron chi connectivity index (χ1n) is 9.89. The maximum atomic E-state index is 13.5. The zero-order chi connectivity index (χ0) is 19.5. The lowest BCUT2D eigenvalue weighted by Crippen LogP contribution is -2.43. The molecule has 0 aliphatic carbocycles. The highest BCUT2D eigenvalue weighted by molar-refractivity contribution is 6.30. The molecule has 0 unspecified atom stereocenters. The molecule has 5 heteroatoms. The number of rotatable bonds is 4. The molecule has 144 valence electrons. The van der Waals surface area contributed by atoms with E-state index in [0.717, 1.165) is 37.1 Å². The van der Waals surface area contributed by atoms with Crippen LogP contribution in [-0.2, 0) is 0 Å². The molecule has 1 amide bonds. The molecule has 3 aromatic rings. The molecule has 4 rings (SSSR count). The first-order chi connectivity index (χ1) is 13.7. The Morgan fingerprint density at radius 1 is 1.11 bits per heavy atom. The fourth-order valence-electron chi connectivity index (χ4n) is 3.91. The Morgan fingerprint density at radius 3 is 2.57 bits per heavy atom. The van der Waals surface area contributed by atoms with Gasteiger partial charge in [0.15, 0.2) is 0 Å². The van der Waals surface area contributed by atoms with Crippen LogP contribution in [-0.4, -0.2) is 33.2 Å². The number of carbonyl (C=O) groups is 1. The predicted molar refractivity (Wildman–Crippen MR) is 113 cm³/mol. The van der Waals surface area contributed by atoms with Gasteiger partial charge in [-0.25, -0.2) is 4.68 Å². The number of nitrogens with zero attached hydrogens (tertiary/aromatic N) is 3. The molecule has 4 nitrogen and oxygen atoms in total. The Kier molecular flexibility index (Phi) is 5.49. The van der Waals surface area contributed by atoms with Crippen molar-refractivity contribution in [2.45, 2.75) is 38.6 Å². The van der Waals surface area contributed by atoms with Crippen LogP contribution in [0.1, 0.15) is 43.0 Å². The van der Waals surface area contributed by atoms with Crippen LogP contribution in [0.2, 0.25) is 5.02 Å².